The molecule has 34 heavy (non-hydrogen) atoms. The highest BCUT2D eigenvalue weighted by Gasteiger charge is 2.35. The number of benzene rings is 2. The normalized spacial score (nSPS) is 20.4. The van der Waals surface area contributed by atoms with E-state index in [1.807, 2.05) is 44.3 Å². The van der Waals surface area contributed by atoms with E-state index in [4.69, 9.17) is 21.1 Å². The van der Waals surface area contributed by atoms with Crippen LogP contribution in [0.15, 0.2) is 54.7 Å². The van der Waals surface area contributed by atoms with Crippen LogP contribution in [0, 0.1) is 18.8 Å². The Labute approximate surface area is 206 Å². The maximum atomic E-state index is 12.4. The summed E-state index contributed by atoms with van der Waals surface area (Å²) in [4.78, 5) is 12.4. The first-order valence-electron chi connectivity index (χ1n) is 11.7. The lowest BCUT2D eigenvalue weighted by Crippen LogP contribution is -2.31. The third kappa shape index (κ3) is 5.62. The largest absolute Gasteiger partial charge is 0.484 e. The third-order valence-electron chi connectivity index (χ3n) is 6.69. The number of amides is 1. The molecule has 180 valence electrons. The molecular weight excluding hydrogens is 450 g/mol. The number of carbonyl (C=O) groups excluding carboxylic acids is 1. The van der Waals surface area contributed by atoms with E-state index in [0.717, 1.165) is 22.7 Å². The zero-order valence-electron chi connectivity index (χ0n) is 20.1. The molecule has 0 spiro atoms. The molecule has 0 aliphatic carbocycles. The topological polar surface area (TPSA) is 65.4 Å². The van der Waals surface area contributed by atoms with Crippen LogP contribution in [-0.4, -0.2) is 28.9 Å². The second-order valence-corrected chi connectivity index (χ2v) is 9.76. The molecule has 6 nitrogen and oxygen atoms in total. The molecule has 1 fully saturated rings. The molecule has 1 aromatic heterocycles. The molecule has 1 aliphatic rings. The number of halogens is 1. The highest BCUT2D eigenvalue weighted by molar-refractivity contribution is 6.30. The molecule has 1 saturated heterocycles. The van der Waals surface area contributed by atoms with Crippen LogP contribution in [0.5, 0.6) is 5.75 Å². The van der Waals surface area contributed by atoms with Crippen molar-refractivity contribution in [3.8, 4) is 5.75 Å². The molecule has 3 aromatic rings. The average Bonchev–Trinajstić information content (AvgIpc) is 3.15. The van der Waals surface area contributed by atoms with Gasteiger partial charge in [-0.15, -0.1) is 0 Å². The molecule has 0 saturated carbocycles. The van der Waals surface area contributed by atoms with Crippen LogP contribution in [-0.2, 0) is 16.6 Å². The Hall–Kier alpha value is -2.83. The Balaban J connectivity index is 1.41. The van der Waals surface area contributed by atoms with Crippen molar-refractivity contribution in [1.29, 1.82) is 0 Å². The van der Waals surface area contributed by atoms with Gasteiger partial charge in [0.1, 0.15) is 5.75 Å². The molecule has 7 heteroatoms. The number of aryl methyl sites for hydroxylation is 1. The number of ether oxygens (including phenoxy) is 2. The van der Waals surface area contributed by atoms with Gasteiger partial charge in [0.25, 0.3) is 5.91 Å². The Morgan fingerprint density at radius 1 is 1.24 bits per heavy atom. The number of hydrogen-bond acceptors (Lipinski definition) is 4. The van der Waals surface area contributed by atoms with Crippen molar-refractivity contribution < 1.29 is 14.3 Å². The van der Waals surface area contributed by atoms with Gasteiger partial charge in [-0.3, -0.25) is 9.48 Å². The van der Waals surface area contributed by atoms with Crippen molar-refractivity contribution in [3.05, 3.63) is 76.6 Å². The van der Waals surface area contributed by atoms with Gasteiger partial charge in [-0.25, -0.2) is 0 Å². The molecule has 0 bridgehead atoms. The quantitative estimate of drug-likeness (QED) is 0.455. The lowest BCUT2D eigenvalue weighted by molar-refractivity contribution is -0.118. The van der Waals surface area contributed by atoms with Crippen LogP contribution >= 0.6 is 11.6 Å². The number of nitrogens with one attached hydrogen (secondary N) is 1. The molecule has 4 rings (SSSR count). The first-order chi connectivity index (χ1) is 16.3. The lowest BCUT2D eigenvalue weighted by Gasteiger charge is -2.39. The van der Waals surface area contributed by atoms with Gasteiger partial charge in [0.05, 0.1) is 30.3 Å². The number of carbonyl (C=O) groups is 1. The van der Waals surface area contributed by atoms with Crippen molar-refractivity contribution in [2.24, 2.45) is 18.9 Å². The molecule has 0 radical (unpaired) electrons. The molecule has 1 N–H and O–H groups in total. The third-order valence-corrected chi connectivity index (χ3v) is 6.94. The van der Waals surface area contributed by atoms with Crippen LogP contribution in [0.2, 0.25) is 5.02 Å². The zero-order chi connectivity index (χ0) is 24.2. The fraction of sp³-hybridized carbons (Fsp3) is 0.407. The van der Waals surface area contributed by atoms with Gasteiger partial charge < -0.3 is 14.8 Å². The Morgan fingerprint density at radius 3 is 2.68 bits per heavy atom. The Bertz CT molecular complexity index is 1130. The summed E-state index contributed by atoms with van der Waals surface area (Å²) in [6.45, 7) is 6.98. The predicted octanol–water partition coefficient (Wildman–Crippen LogP) is 5.92. The first kappa shape index (κ1) is 24.3. The summed E-state index contributed by atoms with van der Waals surface area (Å²) >= 11 is 6.07. The van der Waals surface area contributed by atoms with E-state index in [2.05, 4.69) is 42.5 Å². The number of aromatic nitrogens is 2. The lowest BCUT2D eigenvalue weighted by atomic mass is 9.76. The van der Waals surface area contributed by atoms with Gasteiger partial charge in [0, 0.05) is 18.0 Å². The predicted molar refractivity (Wildman–Crippen MR) is 134 cm³/mol. The second-order valence-electron chi connectivity index (χ2n) is 9.32. The highest BCUT2D eigenvalue weighted by Crippen LogP contribution is 2.44. The summed E-state index contributed by atoms with van der Waals surface area (Å²) in [5.41, 5.74) is 3.92. The zero-order valence-corrected chi connectivity index (χ0v) is 20.9. The summed E-state index contributed by atoms with van der Waals surface area (Å²) in [5.74, 6) is 1.60. The van der Waals surface area contributed by atoms with E-state index in [1.165, 1.54) is 5.56 Å². The van der Waals surface area contributed by atoms with Crippen molar-refractivity contribution in [3.63, 3.8) is 0 Å². The Morgan fingerprint density at radius 2 is 2.00 bits per heavy atom. The van der Waals surface area contributed by atoms with Crippen LogP contribution < -0.4 is 10.1 Å². The monoisotopic (exact) mass is 481 g/mol. The highest BCUT2D eigenvalue weighted by atomic mass is 35.5. The summed E-state index contributed by atoms with van der Waals surface area (Å²) in [5, 5.41) is 7.74. The molecule has 2 aromatic carbocycles. The molecule has 2 heterocycles. The van der Waals surface area contributed by atoms with Crippen LogP contribution in [0.4, 0.5) is 5.69 Å². The fourth-order valence-corrected chi connectivity index (χ4v) is 4.66. The standard InChI is InChI=1S/C27H32ClN3O3/c1-17(2)24-13-21(19-8-10-22(28)11-9-19)15-34-27(24)20-6-5-7-23(12-20)33-16-26(32)30-25-14-29-31(4)18(25)3/h5-12,14,17,21,24,27H,13,15-16H2,1-4H3,(H,30,32)/t21-,24-,27-/m0/s1. The molecule has 0 unspecified atom stereocenters. The Kier molecular flexibility index (Phi) is 7.59. The van der Waals surface area contributed by atoms with Crippen LogP contribution in [0.3, 0.4) is 0 Å². The number of anilines is 1. The van der Waals surface area contributed by atoms with Gasteiger partial charge in [0.2, 0.25) is 0 Å². The molecule has 1 amide bonds. The van der Waals surface area contributed by atoms with E-state index in [-0.39, 0.29) is 18.6 Å². The van der Waals surface area contributed by atoms with Crippen molar-refractivity contribution >= 4 is 23.2 Å². The van der Waals surface area contributed by atoms with Crippen molar-refractivity contribution in [2.75, 3.05) is 18.5 Å². The number of hydrogen-bond donors (Lipinski definition) is 1. The second kappa shape index (κ2) is 10.6. The number of rotatable bonds is 7. The van der Waals surface area contributed by atoms with Gasteiger partial charge in [-0.2, -0.15) is 5.10 Å². The van der Waals surface area contributed by atoms with E-state index in [9.17, 15) is 4.79 Å². The van der Waals surface area contributed by atoms with E-state index in [1.54, 1.807) is 10.9 Å². The molecule has 1 aliphatic heterocycles. The smallest absolute Gasteiger partial charge is 0.262 e. The van der Waals surface area contributed by atoms with Gasteiger partial charge in [0.15, 0.2) is 6.61 Å². The SMILES string of the molecule is Cc1c(NC(=O)COc2cccc([C@@H]3OC[C@@H](c4ccc(Cl)cc4)C[C@H]3C(C)C)c2)cnn1C. The summed E-state index contributed by atoms with van der Waals surface area (Å²) in [7, 11) is 1.84. The summed E-state index contributed by atoms with van der Waals surface area (Å²) < 4.78 is 14.0. The molecule has 3 atom stereocenters. The average molecular weight is 482 g/mol. The minimum atomic E-state index is -0.221. The van der Waals surface area contributed by atoms with E-state index in [0.29, 0.717) is 35.8 Å². The van der Waals surface area contributed by atoms with Gasteiger partial charge >= 0.3 is 0 Å². The van der Waals surface area contributed by atoms with Gasteiger partial charge in [-0.1, -0.05) is 49.7 Å². The summed E-state index contributed by atoms with van der Waals surface area (Å²) in [6.07, 6.45) is 2.67. The minimum Gasteiger partial charge on any atom is -0.484 e. The van der Waals surface area contributed by atoms with E-state index >= 15 is 0 Å². The van der Waals surface area contributed by atoms with Crippen molar-refractivity contribution in [2.45, 2.75) is 39.2 Å². The first-order valence-corrected chi connectivity index (χ1v) is 12.1. The van der Waals surface area contributed by atoms with E-state index < -0.39 is 0 Å². The van der Waals surface area contributed by atoms with Crippen LogP contribution in [0.25, 0.3) is 0 Å². The number of nitrogens with zero attached hydrogens (tertiary/aromatic N) is 2. The van der Waals surface area contributed by atoms with Gasteiger partial charge in [-0.05, 0) is 60.6 Å². The fourth-order valence-electron chi connectivity index (χ4n) is 4.53. The summed E-state index contributed by atoms with van der Waals surface area (Å²) in [6, 6.07) is 16.0. The maximum absolute atomic E-state index is 12.4. The maximum Gasteiger partial charge on any atom is 0.262 e. The minimum absolute atomic E-state index is 0.0148. The molecular formula is C27H32ClN3O3. The van der Waals surface area contributed by atoms with Crippen LogP contribution in [0.1, 0.15) is 49.1 Å². The van der Waals surface area contributed by atoms with Crippen molar-refractivity contribution in [1.82, 2.24) is 9.78 Å².